The van der Waals surface area contributed by atoms with Gasteiger partial charge in [0.05, 0.1) is 6.42 Å². The Morgan fingerprint density at radius 3 is 2.86 bits per heavy atom. The SMILES string of the molecule is CC(CN)N(C)C(=O)CCCc1ccc2c(c1)CC(=O)N2.Cl. The summed E-state index contributed by atoms with van der Waals surface area (Å²) in [5.74, 6) is 0.181. The number of carbonyl (C=O) groups excluding carboxylic acids is 2. The van der Waals surface area contributed by atoms with Crippen molar-refractivity contribution in [1.82, 2.24) is 4.90 Å². The molecule has 22 heavy (non-hydrogen) atoms. The molecule has 1 aliphatic heterocycles. The summed E-state index contributed by atoms with van der Waals surface area (Å²) in [6.07, 6.45) is 2.63. The molecule has 6 heteroatoms. The molecule has 1 unspecified atom stereocenters. The molecule has 0 spiro atoms. The predicted octanol–water partition coefficient (Wildman–Crippen LogP) is 1.73. The van der Waals surface area contributed by atoms with E-state index in [1.165, 1.54) is 5.56 Å². The number of fused-ring (bicyclic) bond motifs is 1. The zero-order chi connectivity index (χ0) is 15.4. The Bertz CT molecular complexity index is 548. The molecule has 2 rings (SSSR count). The minimum absolute atomic E-state index is 0. The molecule has 1 atom stereocenters. The highest BCUT2D eigenvalue weighted by atomic mass is 35.5. The molecule has 122 valence electrons. The van der Waals surface area contributed by atoms with Crippen LogP contribution in [0.5, 0.6) is 0 Å². The maximum atomic E-state index is 12.0. The molecule has 0 aliphatic carbocycles. The summed E-state index contributed by atoms with van der Waals surface area (Å²) in [6.45, 7) is 2.43. The minimum Gasteiger partial charge on any atom is -0.342 e. The van der Waals surface area contributed by atoms with Crippen LogP contribution in [-0.2, 0) is 22.4 Å². The van der Waals surface area contributed by atoms with Crippen LogP contribution in [0.3, 0.4) is 0 Å². The maximum absolute atomic E-state index is 12.0. The van der Waals surface area contributed by atoms with E-state index in [9.17, 15) is 9.59 Å². The number of anilines is 1. The van der Waals surface area contributed by atoms with Crippen LogP contribution >= 0.6 is 12.4 Å². The van der Waals surface area contributed by atoms with Crippen molar-refractivity contribution in [2.24, 2.45) is 5.73 Å². The van der Waals surface area contributed by atoms with Gasteiger partial charge in [-0.05, 0) is 37.0 Å². The van der Waals surface area contributed by atoms with Crippen molar-refractivity contribution in [3.8, 4) is 0 Å². The number of hydrogen-bond donors (Lipinski definition) is 2. The highest BCUT2D eigenvalue weighted by Gasteiger charge is 2.17. The summed E-state index contributed by atoms with van der Waals surface area (Å²) in [4.78, 5) is 25.0. The molecule has 1 aliphatic rings. The van der Waals surface area contributed by atoms with Gasteiger partial charge in [-0.15, -0.1) is 12.4 Å². The van der Waals surface area contributed by atoms with Gasteiger partial charge in [0.25, 0.3) is 0 Å². The summed E-state index contributed by atoms with van der Waals surface area (Å²) in [5, 5.41) is 2.82. The van der Waals surface area contributed by atoms with E-state index in [0.717, 1.165) is 24.1 Å². The number of likely N-dealkylation sites (N-methyl/N-ethyl adjacent to an activating group) is 1. The van der Waals surface area contributed by atoms with Gasteiger partial charge in [0.15, 0.2) is 0 Å². The van der Waals surface area contributed by atoms with Crippen molar-refractivity contribution < 1.29 is 9.59 Å². The van der Waals surface area contributed by atoms with Gasteiger partial charge < -0.3 is 16.0 Å². The Morgan fingerprint density at radius 1 is 1.45 bits per heavy atom. The number of hydrogen-bond acceptors (Lipinski definition) is 3. The fourth-order valence-electron chi connectivity index (χ4n) is 2.46. The van der Waals surface area contributed by atoms with Gasteiger partial charge in [0.1, 0.15) is 0 Å². The third kappa shape index (κ3) is 4.45. The third-order valence-corrected chi connectivity index (χ3v) is 4.05. The van der Waals surface area contributed by atoms with Gasteiger partial charge in [-0.1, -0.05) is 12.1 Å². The van der Waals surface area contributed by atoms with Crippen molar-refractivity contribution in [2.75, 3.05) is 18.9 Å². The lowest BCUT2D eigenvalue weighted by molar-refractivity contribution is -0.131. The topological polar surface area (TPSA) is 75.4 Å². The lowest BCUT2D eigenvalue weighted by atomic mass is 10.0. The minimum atomic E-state index is 0. The number of rotatable bonds is 6. The maximum Gasteiger partial charge on any atom is 0.228 e. The van der Waals surface area contributed by atoms with Crippen LogP contribution < -0.4 is 11.1 Å². The Hall–Kier alpha value is -1.59. The smallest absolute Gasteiger partial charge is 0.228 e. The summed E-state index contributed by atoms with van der Waals surface area (Å²) < 4.78 is 0. The standard InChI is InChI=1S/C16H23N3O2.ClH/c1-11(10-17)19(2)16(21)5-3-4-12-6-7-14-13(8-12)9-15(20)18-14;/h6-8,11H,3-5,9-10,17H2,1-2H3,(H,18,20);1H. The van der Waals surface area contributed by atoms with Crippen LogP contribution in [-0.4, -0.2) is 36.3 Å². The van der Waals surface area contributed by atoms with E-state index in [2.05, 4.69) is 11.4 Å². The molecule has 0 bridgehead atoms. The summed E-state index contributed by atoms with van der Waals surface area (Å²) in [7, 11) is 1.80. The fourth-order valence-corrected chi connectivity index (χ4v) is 2.46. The average Bonchev–Trinajstić information content (AvgIpc) is 2.84. The van der Waals surface area contributed by atoms with Crippen LogP contribution in [0.1, 0.15) is 30.9 Å². The number of nitrogens with two attached hydrogens (primary N) is 1. The van der Waals surface area contributed by atoms with Crippen LogP contribution in [0.15, 0.2) is 18.2 Å². The summed E-state index contributed by atoms with van der Waals surface area (Å²) in [5.41, 5.74) is 8.71. The second kappa shape index (κ2) is 8.15. The van der Waals surface area contributed by atoms with Crippen LogP contribution in [0.2, 0.25) is 0 Å². The van der Waals surface area contributed by atoms with Gasteiger partial charge in [-0.3, -0.25) is 9.59 Å². The normalized spacial score (nSPS) is 13.9. The lowest BCUT2D eigenvalue weighted by Crippen LogP contribution is -2.39. The van der Waals surface area contributed by atoms with E-state index in [1.807, 2.05) is 19.1 Å². The van der Waals surface area contributed by atoms with Crippen molar-refractivity contribution in [3.63, 3.8) is 0 Å². The summed E-state index contributed by atoms with van der Waals surface area (Å²) in [6, 6.07) is 6.10. The second-order valence-corrected chi connectivity index (χ2v) is 5.66. The monoisotopic (exact) mass is 325 g/mol. The second-order valence-electron chi connectivity index (χ2n) is 5.66. The molecule has 1 aromatic carbocycles. The third-order valence-electron chi connectivity index (χ3n) is 4.05. The van der Waals surface area contributed by atoms with E-state index in [-0.39, 0.29) is 30.3 Å². The van der Waals surface area contributed by atoms with Crippen molar-refractivity contribution >= 4 is 29.9 Å². The van der Waals surface area contributed by atoms with E-state index in [1.54, 1.807) is 11.9 Å². The first-order valence-electron chi connectivity index (χ1n) is 7.38. The van der Waals surface area contributed by atoms with Gasteiger partial charge in [-0.2, -0.15) is 0 Å². The number of nitrogens with one attached hydrogen (secondary N) is 1. The molecule has 2 amide bonds. The Labute approximate surface area is 137 Å². The van der Waals surface area contributed by atoms with Gasteiger partial charge >= 0.3 is 0 Å². The number of amides is 2. The highest BCUT2D eigenvalue weighted by molar-refractivity contribution is 5.99. The van der Waals surface area contributed by atoms with Crippen LogP contribution in [0.4, 0.5) is 5.69 Å². The van der Waals surface area contributed by atoms with Gasteiger partial charge in [0, 0.05) is 31.7 Å². The highest BCUT2D eigenvalue weighted by Crippen LogP contribution is 2.24. The lowest BCUT2D eigenvalue weighted by Gasteiger charge is -2.23. The molecule has 0 saturated carbocycles. The van der Waals surface area contributed by atoms with Crippen molar-refractivity contribution in [3.05, 3.63) is 29.3 Å². The van der Waals surface area contributed by atoms with Gasteiger partial charge in [-0.25, -0.2) is 0 Å². The Morgan fingerprint density at radius 2 is 2.18 bits per heavy atom. The number of nitrogens with zero attached hydrogens (tertiary/aromatic N) is 1. The first-order chi connectivity index (χ1) is 10.0. The van der Waals surface area contributed by atoms with E-state index < -0.39 is 0 Å². The predicted molar refractivity (Wildman–Crippen MR) is 90.2 cm³/mol. The molecular formula is C16H24ClN3O2. The van der Waals surface area contributed by atoms with E-state index in [0.29, 0.717) is 19.4 Å². The van der Waals surface area contributed by atoms with E-state index in [4.69, 9.17) is 5.73 Å². The zero-order valence-corrected chi connectivity index (χ0v) is 13.9. The van der Waals surface area contributed by atoms with Gasteiger partial charge in [0.2, 0.25) is 11.8 Å². The first-order valence-corrected chi connectivity index (χ1v) is 7.38. The number of halogens is 1. The number of carbonyl (C=O) groups is 2. The fraction of sp³-hybridized carbons (Fsp3) is 0.500. The van der Waals surface area contributed by atoms with Crippen molar-refractivity contribution in [2.45, 2.75) is 38.6 Å². The largest absolute Gasteiger partial charge is 0.342 e. The zero-order valence-electron chi connectivity index (χ0n) is 13.1. The Balaban J connectivity index is 0.00000242. The molecule has 3 N–H and O–H groups in total. The molecule has 5 nitrogen and oxygen atoms in total. The quantitative estimate of drug-likeness (QED) is 0.836. The molecule has 0 aromatic heterocycles. The molecule has 0 radical (unpaired) electrons. The molecule has 0 fully saturated rings. The molecule has 1 aromatic rings. The van der Waals surface area contributed by atoms with Crippen molar-refractivity contribution in [1.29, 1.82) is 0 Å². The average molecular weight is 326 g/mol. The van der Waals surface area contributed by atoms with Crippen LogP contribution in [0, 0.1) is 0 Å². The van der Waals surface area contributed by atoms with Crippen LogP contribution in [0.25, 0.3) is 0 Å². The molecule has 1 heterocycles. The molecule has 0 saturated heterocycles. The first kappa shape index (κ1) is 18.5. The summed E-state index contributed by atoms with van der Waals surface area (Å²) >= 11 is 0. The number of benzene rings is 1. The van der Waals surface area contributed by atoms with E-state index >= 15 is 0 Å². The Kier molecular flexibility index (Phi) is 6.84. The molecular weight excluding hydrogens is 302 g/mol. The number of aryl methyl sites for hydroxylation is 1.